The number of pyridine rings is 1. The molecule has 1 aromatic heterocycles. The molecule has 0 saturated carbocycles. The van der Waals surface area contributed by atoms with Crippen LogP contribution < -0.4 is 27.5 Å². The first kappa shape index (κ1) is 26.4. The van der Waals surface area contributed by atoms with Crippen LogP contribution in [-0.4, -0.2) is 31.0 Å². The monoisotopic (exact) mass is 512 g/mol. The molecule has 11 nitrogen and oxygen atoms in total. The number of aromatic nitrogens is 1. The van der Waals surface area contributed by atoms with Crippen molar-refractivity contribution in [3.8, 4) is 0 Å². The lowest BCUT2D eigenvalue weighted by Gasteiger charge is -2.24. The fourth-order valence-electron chi connectivity index (χ4n) is 2.86. The van der Waals surface area contributed by atoms with Crippen LogP contribution >= 0.6 is 0 Å². The van der Waals surface area contributed by atoms with E-state index in [9.17, 15) is 40.0 Å². The average Bonchev–Trinajstić information content (AvgIpc) is 2.73. The van der Waals surface area contributed by atoms with Gasteiger partial charge < -0.3 is 22.0 Å². The number of nitrogens with one attached hydrogen (secondary N) is 1. The molecule has 2 unspecified atom stereocenters. The van der Waals surface area contributed by atoms with E-state index in [2.05, 4.69) is 5.16 Å². The number of amides is 1. The smallest absolute Gasteiger partial charge is 0.275 e. The normalized spacial score (nSPS) is 13.1. The van der Waals surface area contributed by atoms with Crippen LogP contribution in [0.2, 0.25) is 0 Å². The quantitative estimate of drug-likeness (QED) is 0.0976. The van der Waals surface area contributed by atoms with Crippen molar-refractivity contribution in [1.82, 2.24) is 4.57 Å². The van der Waals surface area contributed by atoms with Gasteiger partial charge in [-0.15, -0.1) is 0 Å². The van der Waals surface area contributed by atoms with Gasteiger partial charge >= 0.3 is 0 Å². The Kier molecular flexibility index (Phi) is 7.40. The predicted octanol–water partition coefficient (Wildman–Crippen LogP) is 0.273. The number of oxime groups is 1. The highest BCUT2D eigenvalue weighted by Crippen LogP contribution is 2.28. The fraction of sp³-hybridized carbons (Fsp3) is 0.235. The van der Waals surface area contributed by atoms with Crippen molar-refractivity contribution >= 4 is 27.6 Å². The maximum Gasteiger partial charge on any atom is 0.275 e. The number of carbonyl (C=O) groups excluding carboxylic acids is 1. The van der Waals surface area contributed by atoms with Crippen LogP contribution in [-0.2, 0) is 19.7 Å². The second-order valence-electron chi connectivity index (χ2n) is 6.74. The Morgan fingerprint density at radius 2 is 1.53 bits per heavy atom. The standard InChI is InChI=1S/C17H17F5N6O5S/c1-5-3-4-7(16(30)28(5)13(15(23)29)6(2)33-26-17(24)25)27-34(31,32)14-11(21)9(19)8(18)10(20)12(14)22/h3-4,6,13,27H,1-2H3,(H2,23,29)(H4,24,25,26). The van der Waals surface area contributed by atoms with Crippen LogP contribution in [0.3, 0.4) is 0 Å². The van der Waals surface area contributed by atoms with E-state index in [1.807, 2.05) is 0 Å². The maximum absolute atomic E-state index is 14.0. The van der Waals surface area contributed by atoms with E-state index < -0.39 is 79.3 Å². The number of nitrogens with two attached hydrogens (primary N) is 3. The zero-order valence-electron chi connectivity index (χ0n) is 17.3. The van der Waals surface area contributed by atoms with E-state index in [0.717, 1.165) is 12.1 Å². The van der Waals surface area contributed by atoms with Crippen LogP contribution in [0.5, 0.6) is 0 Å². The number of hydrogen-bond donors (Lipinski definition) is 4. The number of primary amides is 1. The number of nitrogens with zero attached hydrogens (tertiary/aromatic N) is 2. The molecule has 1 amide bonds. The molecular weight excluding hydrogens is 495 g/mol. The average molecular weight is 512 g/mol. The lowest BCUT2D eigenvalue weighted by Crippen LogP contribution is -2.42. The Bertz CT molecular complexity index is 1310. The Hall–Kier alpha value is -3.89. The Morgan fingerprint density at radius 3 is 2.00 bits per heavy atom. The molecule has 1 heterocycles. The second kappa shape index (κ2) is 9.54. The number of aryl methyl sites for hydroxylation is 1. The van der Waals surface area contributed by atoms with Gasteiger partial charge in [0.05, 0.1) is 0 Å². The minimum absolute atomic E-state index is 0.0353. The van der Waals surface area contributed by atoms with Gasteiger partial charge in [-0.25, -0.2) is 30.4 Å². The minimum atomic E-state index is -5.54. The van der Waals surface area contributed by atoms with Crippen LogP contribution in [0.4, 0.5) is 27.6 Å². The number of guanidine groups is 1. The number of sulfonamides is 1. The summed E-state index contributed by atoms with van der Waals surface area (Å²) < 4.78 is 95.2. The van der Waals surface area contributed by atoms with Gasteiger partial charge in [0.1, 0.15) is 5.69 Å². The zero-order valence-corrected chi connectivity index (χ0v) is 18.1. The summed E-state index contributed by atoms with van der Waals surface area (Å²) in [6, 6.07) is 0.299. The van der Waals surface area contributed by atoms with Crippen LogP contribution in [0, 0.1) is 36.0 Å². The number of hydrogen-bond acceptors (Lipinski definition) is 6. The molecule has 186 valence electrons. The number of halogens is 5. The van der Waals surface area contributed by atoms with Crippen molar-refractivity contribution < 1.29 is 40.0 Å². The summed E-state index contributed by atoms with van der Waals surface area (Å²) in [6.07, 6.45) is -1.29. The van der Waals surface area contributed by atoms with Crippen molar-refractivity contribution in [1.29, 1.82) is 0 Å². The summed E-state index contributed by atoms with van der Waals surface area (Å²) in [5.74, 6) is -14.6. The summed E-state index contributed by atoms with van der Waals surface area (Å²) in [4.78, 5) is 27.6. The van der Waals surface area contributed by atoms with Crippen LogP contribution in [0.25, 0.3) is 0 Å². The number of rotatable bonds is 8. The van der Waals surface area contributed by atoms with E-state index in [-0.39, 0.29) is 5.69 Å². The molecule has 0 spiro atoms. The Morgan fingerprint density at radius 1 is 1.03 bits per heavy atom. The predicted molar refractivity (Wildman–Crippen MR) is 107 cm³/mol. The molecule has 0 radical (unpaired) electrons. The largest absolute Gasteiger partial charge is 0.387 e. The highest BCUT2D eigenvalue weighted by Gasteiger charge is 2.35. The van der Waals surface area contributed by atoms with Gasteiger partial charge in [0, 0.05) is 5.69 Å². The summed E-state index contributed by atoms with van der Waals surface area (Å²) in [5.41, 5.74) is 13.4. The summed E-state index contributed by atoms with van der Waals surface area (Å²) in [7, 11) is -5.54. The van der Waals surface area contributed by atoms with Gasteiger partial charge in [-0.1, -0.05) is 0 Å². The van der Waals surface area contributed by atoms with Crippen molar-refractivity contribution in [2.45, 2.75) is 30.9 Å². The number of benzene rings is 1. The second-order valence-corrected chi connectivity index (χ2v) is 8.36. The van der Waals surface area contributed by atoms with Crippen molar-refractivity contribution in [2.24, 2.45) is 22.4 Å². The molecule has 0 fully saturated rings. The molecule has 0 aliphatic heterocycles. The highest BCUT2D eigenvalue weighted by atomic mass is 32.2. The van der Waals surface area contributed by atoms with Crippen LogP contribution in [0.1, 0.15) is 18.7 Å². The van der Waals surface area contributed by atoms with Gasteiger partial charge in [0.15, 0.2) is 40.3 Å². The van der Waals surface area contributed by atoms with Gasteiger partial charge in [-0.2, -0.15) is 0 Å². The van der Waals surface area contributed by atoms with E-state index in [0.29, 0.717) is 4.57 Å². The molecule has 2 atom stereocenters. The van der Waals surface area contributed by atoms with Crippen molar-refractivity contribution in [3.05, 3.63) is 57.3 Å². The van der Waals surface area contributed by atoms with Gasteiger partial charge in [0.2, 0.25) is 17.7 Å². The number of anilines is 1. The third-order valence-electron chi connectivity index (χ3n) is 4.34. The lowest BCUT2D eigenvalue weighted by atomic mass is 10.1. The fourth-order valence-corrected chi connectivity index (χ4v) is 4.05. The molecule has 2 aromatic rings. The zero-order chi connectivity index (χ0) is 26.1. The summed E-state index contributed by atoms with van der Waals surface area (Å²) in [5, 5.41) is 3.23. The Labute approximate surface area is 188 Å². The van der Waals surface area contributed by atoms with E-state index in [4.69, 9.17) is 22.0 Å². The van der Waals surface area contributed by atoms with E-state index >= 15 is 0 Å². The first-order chi connectivity index (χ1) is 15.6. The molecule has 0 saturated heterocycles. The first-order valence-corrected chi connectivity index (χ1v) is 10.4. The molecule has 0 bridgehead atoms. The van der Waals surface area contributed by atoms with Crippen LogP contribution in [0.15, 0.2) is 27.0 Å². The molecule has 1 aromatic carbocycles. The molecular formula is C17H17F5N6O5S. The van der Waals surface area contributed by atoms with Gasteiger partial charge in [0.25, 0.3) is 15.6 Å². The molecule has 0 aliphatic carbocycles. The van der Waals surface area contributed by atoms with E-state index in [1.54, 1.807) is 0 Å². The van der Waals surface area contributed by atoms with E-state index in [1.165, 1.54) is 18.6 Å². The molecule has 17 heteroatoms. The first-order valence-electron chi connectivity index (χ1n) is 8.92. The molecule has 0 aliphatic rings. The topological polar surface area (TPSA) is 185 Å². The van der Waals surface area contributed by atoms with Gasteiger partial charge in [-0.3, -0.25) is 18.9 Å². The maximum atomic E-state index is 14.0. The van der Waals surface area contributed by atoms with Gasteiger partial charge in [-0.05, 0) is 31.1 Å². The minimum Gasteiger partial charge on any atom is -0.387 e. The number of carbonyl (C=O) groups is 1. The lowest BCUT2D eigenvalue weighted by molar-refractivity contribution is -0.125. The SMILES string of the molecule is Cc1ccc(NS(=O)(=O)c2c(F)c(F)c(F)c(F)c2F)c(=O)n1C(C(N)=O)C(C)ON=C(N)N. The third-order valence-corrected chi connectivity index (χ3v) is 5.73. The molecule has 7 N–H and O–H groups in total. The summed E-state index contributed by atoms with van der Waals surface area (Å²) >= 11 is 0. The third kappa shape index (κ3) is 4.87. The Balaban J connectivity index is 2.65. The summed E-state index contributed by atoms with van der Waals surface area (Å²) in [6.45, 7) is 2.55. The molecule has 2 rings (SSSR count). The van der Waals surface area contributed by atoms with Crippen molar-refractivity contribution in [3.63, 3.8) is 0 Å². The highest BCUT2D eigenvalue weighted by molar-refractivity contribution is 7.92. The van der Waals surface area contributed by atoms with Crippen molar-refractivity contribution in [2.75, 3.05) is 4.72 Å². The molecule has 34 heavy (non-hydrogen) atoms.